The van der Waals surface area contributed by atoms with Gasteiger partial charge in [0.15, 0.2) is 0 Å². The predicted octanol–water partition coefficient (Wildman–Crippen LogP) is 1.83. The first-order valence-corrected chi connectivity index (χ1v) is 6.33. The van der Waals surface area contributed by atoms with Crippen molar-refractivity contribution in [3.63, 3.8) is 0 Å². The molecule has 1 aliphatic rings. The van der Waals surface area contributed by atoms with E-state index in [1.807, 2.05) is 29.2 Å². The topological polar surface area (TPSA) is 66.6 Å². The summed E-state index contributed by atoms with van der Waals surface area (Å²) in [5.74, 6) is -0.919. The summed E-state index contributed by atoms with van der Waals surface area (Å²) in [5.41, 5.74) is 5.80. The molecule has 5 heteroatoms. The van der Waals surface area contributed by atoms with E-state index in [-0.39, 0.29) is 0 Å². The van der Waals surface area contributed by atoms with Crippen molar-refractivity contribution in [1.82, 2.24) is 0 Å². The predicted molar refractivity (Wildman–Crippen MR) is 70.1 cm³/mol. The van der Waals surface area contributed by atoms with E-state index in [0.717, 1.165) is 23.1 Å². The zero-order valence-electron chi connectivity index (χ0n) is 9.40. The molecular weight excluding hydrogens is 284 g/mol. The Balaban J connectivity index is 2.20. The summed E-state index contributed by atoms with van der Waals surface area (Å²) in [5, 5.41) is 9.16. The maximum atomic E-state index is 11.2. The van der Waals surface area contributed by atoms with E-state index >= 15 is 0 Å². The molecule has 2 rings (SSSR count). The minimum atomic E-state index is -1.12. The Morgan fingerprint density at radius 3 is 2.94 bits per heavy atom. The molecule has 1 fully saturated rings. The highest BCUT2D eigenvalue weighted by atomic mass is 79.9. The number of halogens is 1. The number of benzene rings is 1. The van der Waals surface area contributed by atoms with Gasteiger partial charge in [-0.2, -0.15) is 0 Å². The van der Waals surface area contributed by atoms with E-state index in [2.05, 4.69) is 15.9 Å². The van der Waals surface area contributed by atoms with Gasteiger partial charge in [0, 0.05) is 23.2 Å². The maximum absolute atomic E-state index is 11.2. The number of nitrogens with two attached hydrogens (primary N) is 1. The van der Waals surface area contributed by atoms with Crippen LogP contribution in [0.3, 0.4) is 0 Å². The van der Waals surface area contributed by atoms with Gasteiger partial charge in [-0.05, 0) is 31.0 Å². The molecule has 3 N–H and O–H groups in total. The number of piperidine rings is 1. The van der Waals surface area contributed by atoms with Crippen molar-refractivity contribution in [2.24, 2.45) is 5.73 Å². The van der Waals surface area contributed by atoms with Crippen LogP contribution in [0.25, 0.3) is 0 Å². The summed E-state index contributed by atoms with van der Waals surface area (Å²) in [7, 11) is 0. The molecule has 1 saturated heterocycles. The van der Waals surface area contributed by atoms with Gasteiger partial charge in [-0.1, -0.05) is 22.0 Å². The van der Waals surface area contributed by atoms with Crippen LogP contribution in [-0.4, -0.2) is 29.7 Å². The van der Waals surface area contributed by atoms with Crippen LogP contribution in [0, 0.1) is 0 Å². The fraction of sp³-hybridized carbons (Fsp3) is 0.417. The van der Waals surface area contributed by atoms with Gasteiger partial charge in [-0.3, -0.25) is 4.79 Å². The lowest BCUT2D eigenvalue weighted by Crippen LogP contribution is -2.59. The monoisotopic (exact) mass is 298 g/mol. The van der Waals surface area contributed by atoms with Crippen LogP contribution in [0.1, 0.15) is 12.8 Å². The number of hydrogen-bond acceptors (Lipinski definition) is 3. The van der Waals surface area contributed by atoms with Gasteiger partial charge in [-0.15, -0.1) is 0 Å². The molecule has 1 atom stereocenters. The number of aliphatic carboxylic acids is 1. The van der Waals surface area contributed by atoms with E-state index < -0.39 is 11.5 Å². The lowest BCUT2D eigenvalue weighted by molar-refractivity contribution is -0.143. The lowest BCUT2D eigenvalue weighted by atomic mass is 9.90. The average molecular weight is 299 g/mol. The molecular formula is C12H15BrN2O2. The van der Waals surface area contributed by atoms with Crippen LogP contribution in [0.5, 0.6) is 0 Å². The third-order valence-corrected chi connectivity index (χ3v) is 3.62. The molecule has 1 aromatic rings. The Bertz CT molecular complexity index is 438. The number of carboxylic acid groups (broad SMARTS) is 1. The van der Waals surface area contributed by atoms with Crippen molar-refractivity contribution in [2.75, 3.05) is 18.0 Å². The van der Waals surface area contributed by atoms with E-state index in [0.29, 0.717) is 13.0 Å². The summed E-state index contributed by atoms with van der Waals surface area (Å²) < 4.78 is 0.985. The second-order valence-electron chi connectivity index (χ2n) is 4.47. The molecule has 0 saturated carbocycles. The first-order chi connectivity index (χ1) is 8.01. The van der Waals surface area contributed by atoms with E-state index in [4.69, 9.17) is 10.8 Å². The smallest absolute Gasteiger partial charge is 0.325 e. The molecule has 0 bridgehead atoms. The van der Waals surface area contributed by atoms with Crippen molar-refractivity contribution in [2.45, 2.75) is 18.4 Å². The van der Waals surface area contributed by atoms with Crippen LogP contribution >= 0.6 is 15.9 Å². The highest BCUT2D eigenvalue weighted by Gasteiger charge is 2.38. The summed E-state index contributed by atoms with van der Waals surface area (Å²) in [6.07, 6.45) is 1.34. The number of carbonyl (C=O) groups is 1. The van der Waals surface area contributed by atoms with Gasteiger partial charge in [0.2, 0.25) is 0 Å². The SMILES string of the molecule is NC1(C(=O)O)CCCN(c2cccc(Br)c2)C1. The Hall–Kier alpha value is -1.07. The summed E-state index contributed by atoms with van der Waals surface area (Å²) >= 11 is 3.41. The van der Waals surface area contributed by atoms with Crippen LogP contribution in [0.15, 0.2) is 28.7 Å². The van der Waals surface area contributed by atoms with E-state index in [9.17, 15) is 4.79 Å². The van der Waals surface area contributed by atoms with Gasteiger partial charge < -0.3 is 15.7 Å². The Morgan fingerprint density at radius 2 is 2.29 bits per heavy atom. The first-order valence-electron chi connectivity index (χ1n) is 5.54. The van der Waals surface area contributed by atoms with Crippen molar-refractivity contribution >= 4 is 27.6 Å². The van der Waals surface area contributed by atoms with Crippen molar-refractivity contribution in [3.05, 3.63) is 28.7 Å². The summed E-state index contributed by atoms with van der Waals surface area (Å²) in [6, 6.07) is 7.83. The standard InChI is InChI=1S/C12H15BrN2O2/c13-9-3-1-4-10(7-9)15-6-2-5-12(14,8-15)11(16)17/h1,3-4,7H,2,5-6,8,14H2,(H,16,17). The molecule has 17 heavy (non-hydrogen) atoms. The molecule has 4 nitrogen and oxygen atoms in total. The van der Waals surface area contributed by atoms with Gasteiger partial charge in [0.05, 0.1) is 0 Å². The largest absolute Gasteiger partial charge is 0.480 e. The first kappa shape index (κ1) is 12.4. The van der Waals surface area contributed by atoms with Crippen LogP contribution in [0.2, 0.25) is 0 Å². The number of hydrogen-bond donors (Lipinski definition) is 2. The van der Waals surface area contributed by atoms with Gasteiger partial charge >= 0.3 is 5.97 Å². The minimum Gasteiger partial charge on any atom is -0.480 e. The van der Waals surface area contributed by atoms with Crippen molar-refractivity contribution < 1.29 is 9.90 Å². The second-order valence-corrected chi connectivity index (χ2v) is 5.38. The Kier molecular flexibility index (Phi) is 3.40. The molecule has 0 aromatic heterocycles. The van der Waals surface area contributed by atoms with E-state index in [1.165, 1.54) is 0 Å². The lowest BCUT2D eigenvalue weighted by Gasteiger charge is -2.38. The third-order valence-electron chi connectivity index (χ3n) is 3.12. The average Bonchev–Trinajstić information content (AvgIpc) is 2.29. The summed E-state index contributed by atoms with van der Waals surface area (Å²) in [6.45, 7) is 1.21. The number of anilines is 1. The fourth-order valence-electron chi connectivity index (χ4n) is 2.15. The quantitative estimate of drug-likeness (QED) is 0.874. The van der Waals surface area contributed by atoms with Gasteiger partial charge in [-0.25, -0.2) is 0 Å². The minimum absolute atomic E-state index is 0.360. The number of carboxylic acids is 1. The molecule has 1 unspecified atom stereocenters. The Labute approximate surface area is 109 Å². The Morgan fingerprint density at radius 1 is 1.53 bits per heavy atom. The van der Waals surface area contributed by atoms with Gasteiger partial charge in [0.25, 0.3) is 0 Å². The highest BCUT2D eigenvalue weighted by Crippen LogP contribution is 2.26. The third kappa shape index (κ3) is 2.61. The molecule has 1 aliphatic heterocycles. The van der Waals surface area contributed by atoms with Crippen molar-refractivity contribution in [3.8, 4) is 0 Å². The maximum Gasteiger partial charge on any atom is 0.325 e. The molecule has 1 aromatic carbocycles. The summed E-state index contributed by atoms with van der Waals surface area (Å²) in [4.78, 5) is 13.2. The van der Waals surface area contributed by atoms with Crippen LogP contribution in [-0.2, 0) is 4.79 Å². The van der Waals surface area contributed by atoms with Crippen molar-refractivity contribution in [1.29, 1.82) is 0 Å². The van der Waals surface area contributed by atoms with Gasteiger partial charge in [0.1, 0.15) is 5.54 Å². The normalized spacial score (nSPS) is 24.7. The van der Waals surface area contributed by atoms with Crippen LogP contribution in [0.4, 0.5) is 5.69 Å². The number of nitrogens with zero attached hydrogens (tertiary/aromatic N) is 1. The molecule has 92 valence electrons. The second kappa shape index (κ2) is 4.66. The van der Waals surface area contributed by atoms with Crippen LogP contribution < -0.4 is 10.6 Å². The number of rotatable bonds is 2. The van der Waals surface area contributed by atoms with E-state index in [1.54, 1.807) is 0 Å². The molecule has 1 heterocycles. The fourth-order valence-corrected chi connectivity index (χ4v) is 2.54. The highest BCUT2D eigenvalue weighted by molar-refractivity contribution is 9.10. The zero-order valence-corrected chi connectivity index (χ0v) is 11.0. The molecule has 0 radical (unpaired) electrons. The molecule has 0 amide bonds. The molecule has 0 aliphatic carbocycles. The molecule has 0 spiro atoms. The zero-order chi connectivity index (χ0) is 12.5.